The number of fused-ring (bicyclic) bond motifs is 8. The fourth-order valence-electron chi connectivity index (χ4n) is 21.7. The van der Waals surface area contributed by atoms with E-state index in [-0.39, 0.29) is 84.7 Å². The van der Waals surface area contributed by atoms with Crippen LogP contribution in [0.2, 0.25) is 0 Å². The molecule has 1 aliphatic heterocycles. The molecular weight excluding hydrogens is 1850 g/mol. The molecule has 0 bridgehead atoms. The molecule has 41 heteroatoms. The zero-order valence-electron chi connectivity index (χ0n) is 83.3. The summed E-state index contributed by atoms with van der Waals surface area (Å²) >= 11 is 0. The molecule has 8 atom stereocenters. The van der Waals surface area contributed by atoms with Crippen LogP contribution in [-0.4, -0.2) is 290 Å². The van der Waals surface area contributed by atoms with E-state index in [1.807, 2.05) is 110 Å². The Morgan fingerprint density at radius 2 is 0.614 bits per heavy atom. The van der Waals surface area contributed by atoms with Crippen LogP contribution in [0.15, 0.2) is 147 Å². The molecular formula is C104H123N29O12. The smallest absolute Gasteiger partial charge is 0.257 e. The number of amides is 5. The quantitative estimate of drug-likeness (QED) is 0.0200. The highest BCUT2D eigenvalue weighted by atomic mass is 16.5. The van der Waals surface area contributed by atoms with Gasteiger partial charge in [0.15, 0.2) is 22.6 Å². The summed E-state index contributed by atoms with van der Waals surface area (Å²) < 4.78 is 53.1. The predicted octanol–water partition coefficient (Wildman–Crippen LogP) is 12.2. The van der Waals surface area contributed by atoms with Gasteiger partial charge in [-0.15, -0.1) is 0 Å². The SMILES string of the molecule is CNc1cc(-c2cn(C3CC(COC)C3)c3ncccc23)nc2c(C(=O)NC3CC[C@@H]3OC)cnn12.CNc1cc(-c2cn(C3CC(COC)C3)c3ncccc23)nc2c(C(=O)N[C@@H]3CC[C@H]3OC)cnn12.CNc1cc(-c2cn(C3CC(COC)C3)c3ncccc23)nc2c(C(=O)N[C@H]3CC[C@@H]3OC)cnn12.CNc1cc(-c2cn(CC(=O)N3CCCC3)c3ncccc23)nc2c(C(=O)NC3CC[C@@H]3OC)cnn12. The van der Waals surface area contributed by atoms with Gasteiger partial charge in [-0.1, -0.05) is 0 Å². The van der Waals surface area contributed by atoms with Gasteiger partial charge in [0.05, 0.1) is 96.1 Å². The lowest BCUT2D eigenvalue weighted by atomic mass is 9.80. The Hall–Kier alpha value is -14.5. The number of hydrogen-bond donors (Lipinski definition) is 8. The number of ether oxygens (including phenoxy) is 7. The van der Waals surface area contributed by atoms with Crippen molar-refractivity contribution in [1.82, 2.24) is 123 Å². The van der Waals surface area contributed by atoms with Gasteiger partial charge in [0.25, 0.3) is 23.6 Å². The van der Waals surface area contributed by atoms with Crippen molar-refractivity contribution < 1.29 is 57.1 Å². The maximum absolute atomic E-state index is 13.2. The standard InChI is InChI=1S/C26H30N8O3.3C26H31N7O3/c1-27-22-12-20(30-25-17(13-29-34(22)25)26(36)31-19-7-8-21(19)37-2)18-14-33(24-16(18)6-5-9-28-24)15-23(35)32-10-3-4-11-32;3*1-27-23-11-21(30-25-18(12-29-33(23)25)26(34)31-20-6-7-22(20)36-3)19-13-32(16-9-15(10-16)14-35-2)24-17(19)5-4-8-28-24/h5-6,9,12-14,19,21,27H,3-4,7-8,10-11,15H2,1-2H3,(H,31,36);3*4-5,8,11-13,15-16,20,22,27H,6-7,9-10,14H2,1-3H3,(H,31,34)/t19?,21-;15?,16?,20?,22-;2*15?,16?,20-,22-/m0010/s1. The molecule has 8 aliphatic rings. The van der Waals surface area contributed by atoms with Gasteiger partial charge in [-0.3, -0.25) is 24.0 Å². The van der Waals surface area contributed by atoms with Crippen LogP contribution in [-0.2, 0) is 44.5 Å². The van der Waals surface area contributed by atoms with Gasteiger partial charge < -0.3 is 98.9 Å². The lowest BCUT2D eigenvalue weighted by Gasteiger charge is -2.36. The maximum atomic E-state index is 13.2. The lowest BCUT2D eigenvalue weighted by Crippen LogP contribution is -2.51. The van der Waals surface area contributed by atoms with Crippen LogP contribution in [0.3, 0.4) is 0 Å². The molecule has 7 saturated carbocycles. The molecule has 7 aliphatic carbocycles. The Labute approximate surface area is 835 Å². The highest BCUT2D eigenvalue weighted by Crippen LogP contribution is 2.47. The Morgan fingerprint density at radius 1 is 0.345 bits per heavy atom. The number of anilines is 4. The second kappa shape index (κ2) is 41.7. The minimum atomic E-state index is -0.228. The summed E-state index contributed by atoms with van der Waals surface area (Å²) in [6.45, 7) is 4.20. The van der Waals surface area contributed by atoms with Crippen LogP contribution in [0.1, 0.15) is 162 Å². The molecule has 24 rings (SSSR count). The number of pyridine rings is 4. The first-order chi connectivity index (χ1) is 70.9. The predicted molar refractivity (Wildman–Crippen MR) is 547 cm³/mol. The first kappa shape index (κ1) is 96.6. The summed E-state index contributed by atoms with van der Waals surface area (Å²) in [4.78, 5) is 106. The van der Waals surface area contributed by atoms with Crippen LogP contribution in [0.5, 0.6) is 0 Å². The number of methoxy groups -OCH3 is 7. The van der Waals surface area contributed by atoms with Crippen LogP contribution in [0, 0.1) is 17.8 Å². The summed E-state index contributed by atoms with van der Waals surface area (Å²) in [5.41, 5.74) is 14.0. The van der Waals surface area contributed by atoms with Gasteiger partial charge in [-0.05, 0) is 169 Å². The summed E-state index contributed by atoms with van der Waals surface area (Å²) in [6, 6.07) is 24.9. The topological polar surface area (TPSA) is 441 Å². The van der Waals surface area contributed by atoms with Gasteiger partial charge in [0.2, 0.25) is 5.91 Å². The second-order valence-corrected chi connectivity index (χ2v) is 39.0. The molecule has 0 radical (unpaired) electrons. The van der Waals surface area contributed by atoms with Crippen LogP contribution >= 0.6 is 0 Å². The molecule has 145 heavy (non-hydrogen) atoms. The summed E-state index contributed by atoms with van der Waals surface area (Å²) in [6.07, 6.45) is 38.0. The third-order valence-electron chi connectivity index (χ3n) is 30.5. The monoisotopic (exact) mass is 1970 g/mol. The summed E-state index contributed by atoms with van der Waals surface area (Å²) in [5.74, 6) is 3.98. The van der Waals surface area contributed by atoms with E-state index in [2.05, 4.69) is 118 Å². The number of carbonyl (C=O) groups excluding carboxylic acids is 5. The normalized spacial score (nSPS) is 22.4. The summed E-state index contributed by atoms with van der Waals surface area (Å²) in [5, 5.41) is 46.8. The minimum Gasteiger partial charge on any atom is -0.384 e. The van der Waals surface area contributed by atoms with Crippen molar-refractivity contribution in [3.05, 3.63) is 169 Å². The van der Waals surface area contributed by atoms with Crippen molar-refractivity contribution in [2.24, 2.45) is 17.8 Å². The molecule has 2 unspecified atom stereocenters. The van der Waals surface area contributed by atoms with Crippen molar-refractivity contribution in [3.63, 3.8) is 0 Å². The fraction of sp³-hybridized carbons (Fsp3) is 0.452. The van der Waals surface area contributed by atoms with Gasteiger partial charge in [0.1, 0.15) is 74.7 Å². The Kier molecular flexibility index (Phi) is 27.8. The Morgan fingerprint density at radius 3 is 0.869 bits per heavy atom. The van der Waals surface area contributed by atoms with Crippen molar-refractivity contribution in [2.45, 2.75) is 176 Å². The van der Waals surface area contributed by atoms with Crippen molar-refractivity contribution in [1.29, 1.82) is 0 Å². The molecule has 1 saturated heterocycles. The van der Waals surface area contributed by atoms with Crippen LogP contribution in [0.25, 0.3) is 112 Å². The maximum Gasteiger partial charge on any atom is 0.257 e. The molecule has 16 aromatic heterocycles. The second-order valence-electron chi connectivity index (χ2n) is 39.0. The molecule has 41 nitrogen and oxygen atoms in total. The Balaban J connectivity index is 0.000000114. The van der Waals surface area contributed by atoms with E-state index in [0.29, 0.717) is 92.2 Å². The van der Waals surface area contributed by atoms with Crippen LogP contribution < -0.4 is 42.5 Å². The molecule has 0 aromatic carbocycles. The van der Waals surface area contributed by atoms with Crippen molar-refractivity contribution in [3.8, 4) is 45.0 Å². The lowest BCUT2D eigenvalue weighted by molar-refractivity contribution is -0.130. The van der Waals surface area contributed by atoms with Gasteiger partial charge in [0, 0.05) is 247 Å². The van der Waals surface area contributed by atoms with E-state index in [9.17, 15) is 24.0 Å². The molecule has 5 amide bonds. The Bertz CT molecular complexity index is 6970. The van der Waals surface area contributed by atoms with E-state index in [1.165, 1.54) is 0 Å². The van der Waals surface area contributed by atoms with Gasteiger partial charge in [-0.2, -0.15) is 38.5 Å². The third kappa shape index (κ3) is 18.5. The largest absolute Gasteiger partial charge is 0.384 e. The minimum absolute atomic E-state index is 0.0119. The average Bonchev–Trinajstić information content (AvgIpc) is 1.60. The molecule has 8 fully saturated rings. The fourth-order valence-corrected chi connectivity index (χ4v) is 21.7. The molecule has 8 N–H and O–H groups in total. The third-order valence-corrected chi connectivity index (χ3v) is 30.5. The zero-order valence-corrected chi connectivity index (χ0v) is 83.3. The van der Waals surface area contributed by atoms with Crippen molar-refractivity contribution in [2.75, 3.05) is 132 Å². The molecule has 756 valence electrons. The van der Waals surface area contributed by atoms with E-state index < -0.39 is 0 Å². The first-order valence-corrected chi connectivity index (χ1v) is 50.1. The molecule has 0 spiro atoms. The highest BCUT2D eigenvalue weighted by molar-refractivity contribution is 6.05. The van der Waals surface area contributed by atoms with Crippen molar-refractivity contribution >= 4 is 120 Å². The number of rotatable bonds is 31. The number of hydrogen-bond acceptors (Lipinski definition) is 28. The van der Waals surface area contributed by atoms with E-state index >= 15 is 0 Å². The van der Waals surface area contributed by atoms with E-state index in [4.69, 9.17) is 68.0 Å². The summed E-state index contributed by atoms with van der Waals surface area (Å²) in [7, 11) is 19.3. The molecule has 17 heterocycles. The number of nitrogens with zero attached hydrogens (tertiary/aromatic N) is 21. The zero-order chi connectivity index (χ0) is 100.0. The first-order valence-electron chi connectivity index (χ1n) is 50.1. The average molecular weight is 1970 g/mol. The van der Waals surface area contributed by atoms with Gasteiger partial charge in [-0.25, -0.2) is 39.9 Å². The van der Waals surface area contributed by atoms with E-state index in [1.54, 1.807) is 106 Å². The highest BCUT2D eigenvalue weighted by Gasteiger charge is 2.41. The number of likely N-dealkylation sites (tertiary alicyclic amines) is 1. The molecule has 16 aromatic rings. The number of aromatic nitrogens is 20. The number of nitrogens with one attached hydrogen (secondary N) is 8. The van der Waals surface area contributed by atoms with Crippen LogP contribution in [0.4, 0.5) is 23.3 Å². The van der Waals surface area contributed by atoms with E-state index in [0.717, 1.165) is 237 Å². The number of carbonyl (C=O) groups is 5. The van der Waals surface area contributed by atoms with Gasteiger partial charge >= 0.3 is 0 Å².